The predicted molar refractivity (Wildman–Crippen MR) is 76.0 cm³/mol. The molecule has 2 atom stereocenters. The minimum absolute atomic E-state index is 0.00685. The average molecular weight is 263 g/mol. The molecule has 4 nitrogen and oxygen atoms in total. The van der Waals surface area contributed by atoms with E-state index in [1.54, 1.807) is 6.20 Å². The van der Waals surface area contributed by atoms with Crippen molar-refractivity contribution < 1.29 is 4.79 Å². The summed E-state index contributed by atoms with van der Waals surface area (Å²) < 4.78 is 0. The summed E-state index contributed by atoms with van der Waals surface area (Å²) in [5, 5.41) is 9.96. The van der Waals surface area contributed by atoms with E-state index in [4.69, 9.17) is 0 Å². The van der Waals surface area contributed by atoms with Gasteiger partial charge in [0.15, 0.2) is 0 Å². The van der Waals surface area contributed by atoms with Crippen LogP contribution in [0.4, 0.5) is 0 Å². The van der Waals surface area contributed by atoms with Crippen LogP contribution >= 0.6 is 0 Å². The van der Waals surface area contributed by atoms with Crippen molar-refractivity contribution in [3.05, 3.63) is 17.5 Å². The van der Waals surface area contributed by atoms with E-state index >= 15 is 0 Å². The van der Waals surface area contributed by atoms with Crippen LogP contribution in [-0.2, 0) is 0 Å². The zero-order valence-electron chi connectivity index (χ0n) is 12.4. The Morgan fingerprint density at radius 1 is 1.37 bits per heavy atom. The quantitative estimate of drug-likeness (QED) is 0.861. The maximum absolute atomic E-state index is 12.3. The highest BCUT2D eigenvalue weighted by Crippen LogP contribution is 2.38. The third kappa shape index (κ3) is 3.17. The van der Waals surface area contributed by atoms with Crippen LogP contribution in [0.3, 0.4) is 0 Å². The van der Waals surface area contributed by atoms with Crippen molar-refractivity contribution in [2.24, 2.45) is 11.3 Å². The molecule has 1 aliphatic carbocycles. The molecule has 19 heavy (non-hydrogen) atoms. The summed E-state index contributed by atoms with van der Waals surface area (Å²) >= 11 is 0. The second kappa shape index (κ2) is 5.35. The molecule has 1 aromatic rings. The lowest BCUT2D eigenvalue weighted by molar-refractivity contribution is 0.0829. The van der Waals surface area contributed by atoms with Crippen LogP contribution in [0, 0.1) is 18.3 Å². The Bertz CT molecular complexity index is 444. The fourth-order valence-corrected chi connectivity index (χ4v) is 3.17. The molecule has 1 heterocycles. The molecule has 2 rings (SSSR count). The molecule has 1 aromatic heterocycles. The number of nitrogens with zero attached hydrogens (tertiary/aromatic N) is 1. The number of nitrogens with one attached hydrogen (secondary N) is 2. The first-order valence-electron chi connectivity index (χ1n) is 7.20. The van der Waals surface area contributed by atoms with Gasteiger partial charge in [-0.05, 0) is 31.1 Å². The normalized spacial score (nSPS) is 24.2. The summed E-state index contributed by atoms with van der Waals surface area (Å²) in [7, 11) is 0. The minimum atomic E-state index is 0.00685. The van der Waals surface area contributed by atoms with Crippen LogP contribution in [0.1, 0.15) is 62.5 Å². The minimum Gasteiger partial charge on any atom is -0.349 e. The topological polar surface area (TPSA) is 57.8 Å². The monoisotopic (exact) mass is 263 g/mol. The van der Waals surface area contributed by atoms with E-state index in [2.05, 4.69) is 36.3 Å². The smallest absolute Gasteiger partial charge is 0.254 e. The third-order valence-electron chi connectivity index (χ3n) is 4.27. The molecule has 0 aliphatic heterocycles. The Kier molecular flexibility index (Phi) is 3.97. The van der Waals surface area contributed by atoms with Crippen LogP contribution in [0.2, 0.25) is 0 Å². The molecule has 0 saturated heterocycles. The highest BCUT2D eigenvalue weighted by Gasteiger charge is 2.35. The lowest BCUT2D eigenvalue weighted by atomic mass is 9.69. The summed E-state index contributed by atoms with van der Waals surface area (Å²) in [6.45, 7) is 8.69. The van der Waals surface area contributed by atoms with Gasteiger partial charge in [-0.1, -0.05) is 33.6 Å². The summed E-state index contributed by atoms with van der Waals surface area (Å²) in [6.07, 6.45) is 6.39. The van der Waals surface area contributed by atoms with Crippen molar-refractivity contribution in [1.29, 1.82) is 0 Å². The highest BCUT2D eigenvalue weighted by atomic mass is 16.1. The van der Waals surface area contributed by atoms with Gasteiger partial charge in [0, 0.05) is 11.7 Å². The van der Waals surface area contributed by atoms with E-state index in [0.717, 1.165) is 12.1 Å². The van der Waals surface area contributed by atoms with Crippen molar-refractivity contribution in [1.82, 2.24) is 15.5 Å². The van der Waals surface area contributed by atoms with Gasteiger partial charge in [-0.2, -0.15) is 5.10 Å². The lowest BCUT2D eigenvalue weighted by Gasteiger charge is -2.40. The van der Waals surface area contributed by atoms with Crippen molar-refractivity contribution in [3.8, 4) is 0 Å². The van der Waals surface area contributed by atoms with E-state index in [-0.39, 0.29) is 17.4 Å². The Balaban J connectivity index is 2.08. The average Bonchev–Trinajstić information content (AvgIpc) is 2.75. The number of aromatic nitrogens is 2. The molecule has 1 amide bonds. The van der Waals surface area contributed by atoms with Crippen molar-refractivity contribution in [3.63, 3.8) is 0 Å². The number of H-pyrrole nitrogens is 1. The highest BCUT2D eigenvalue weighted by molar-refractivity contribution is 5.95. The summed E-state index contributed by atoms with van der Waals surface area (Å²) in [5.74, 6) is 0.560. The first kappa shape index (κ1) is 14.1. The van der Waals surface area contributed by atoms with E-state index in [1.165, 1.54) is 19.3 Å². The number of hydrogen-bond donors (Lipinski definition) is 2. The van der Waals surface area contributed by atoms with Gasteiger partial charge in [0.25, 0.3) is 5.91 Å². The van der Waals surface area contributed by atoms with Crippen molar-refractivity contribution in [2.45, 2.75) is 59.4 Å². The number of carbonyl (C=O) groups excluding carboxylic acids is 1. The lowest BCUT2D eigenvalue weighted by Crippen LogP contribution is -2.46. The standard InChI is InChI=1S/C15H25N3O/c1-10-11(9-16-18-10)14(19)17-13-8-6-5-7-12(13)15(2,3)4/h9,12-13H,5-8H2,1-4H3,(H,16,18)(H,17,19). The molecular weight excluding hydrogens is 238 g/mol. The second-order valence-corrected chi connectivity index (χ2v) is 6.75. The fraction of sp³-hybridized carbons (Fsp3) is 0.733. The molecule has 0 radical (unpaired) electrons. The first-order chi connectivity index (χ1) is 8.89. The maximum atomic E-state index is 12.3. The summed E-state index contributed by atoms with van der Waals surface area (Å²) in [5.41, 5.74) is 1.74. The number of carbonyl (C=O) groups is 1. The van der Waals surface area contributed by atoms with Gasteiger partial charge in [0.05, 0.1) is 11.8 Å². The van der Waals surface area contributed by atoms with Gasteiger partial charge >= 0.3 is 0 Å². The van der Waals surface area contributed by atoms with Crippen molar-refractivity contribution in [2.75, 3.05) is 0 Å². The molecule has 0 bridgehead atoms. The molecule has 0 spiro atoms. The molecular formula is C15H25N3O. The molecule has 1 fully saturated rings. The number of amides is 1. The molecule has 106 valence electrons. The van der Waals surface area contributed by atoms with E-state index in [0.29, 0.717) is 11.5 Å². The first-order valence-corrected chi connectivity index (χ1v) is 7.20. The SMILES string of the molecule is Cc1[nH]ncc1C(=O)NC1CCCCC1C(C)(C)C. The molecule has 2 N–H and O–H groups in total. The number of hydrogen-bond acceptors (Lipinski definition) is 2. The Hall–Kier alpha value is -1.32. The maximum Gasteiger partial charge on any atom is 0.254 e. The van der Waals surface area contributed by atoms with Gasteiger partial charge in [-0.15, -0.1) is 0 Å². The largest absolute Gasteiger partial charge is 0.349 e. The number of aromatic amines is 1. The number of rotatable bonds is 2. The Morgan fingerprint density at radius 2 is 2.05 bits per heavy atom. The molecule has 1 aliphatic rings. The molecule has 1 saturated carbocycles. The van der Waals surface area contributed by atoms with Crippen LogP contribution < -0.4 is 5.32 Å². The second-order valence-electron chi connectivity index (χ2n) is 6.75. The van der Waals surface area contributed by atoms with E-state index in [9.17, 15) is 4.79 Å². The van der Waals surface area contributed by atoms with E-state index < -0.39 is 0 Å². The fourth-order valence-electron chi connectivity index (χ4n) is 3.17. The summed E-state index contributed by atoms with van der Waals surface area (Å²) in [4.78, 5) is 12.3. The van der Waals surface area contributed by atoms with Gasteiger partial charge in [-0.25, -0.2) is 0 Å². The van der Waals surface area contributed by atoms with Gasteiger partial charge < -0.3 is 5.32 Å². The van der Waals surface area contributed by atoms with Gasteiger partial charge in [0.2, 0.25) is 0 Å². The Morgan fingerprint density at radius 3 is 2.63 bits per heavy atom. The van der Waals surface area contributed by atoms with Crippen LogP contribution in [-0.4, -0.2) is 22.1 Å². The zero-order chi connectivity index (χ0) is 14.0. The van der Waals surface area contributed by atoms with Gasteiger partial charge in [-0.3, -0.25) is 9.89 Å². The third-order valence-corrected chi connectivity index (χ3v) is 4.27. The zero-order valence-corrected chi connectivity index (χ0v) is 12.4. The van der Waals surface area contributed by atoms with Crippen LogP contribution in [0.15, 0.2) is 6.20 Å². The van der Waals surface area contributed by atoms with E-state index in [1.807, 2.05) is 6.92 Å². The van der Waals surface area contributed by atoms with Crippen molar-refractivity contribution >= 4 is 5.91 Å². The summed E-state index contributed by atoms with van der Waals surface area (Å²) in [6, 6.07) is 0.288. The van der Waals surface area contributed by atoms with Crippen LogP contribution in [0.25, 0.3) is 0 Å². The number of aryl methyl sites for hydroxylation is 1. The van der Waals surface area contributed by atoms with Crippen LogP contribution in [0.5, 0.6) is 0 Å². The molecule has 2 unspecified atom stereocenters. The molecule has 0 aromatic carbocycles. The van der Waals surface area contributed by atoms with Gasteiger partial charge in [0.1, 0.15) is 0 Å². The Labute approximate surface area is 115 Å². The molecule has 4 heteroatoms. The predicted octanol–water partition coefficient (Wildman–Crippen LogP) is 3.05.